The molecule has 170 valence electrons. The first-order valence-electron chi connectivity index (χ1n) is 11.4. The van der Waals surface area contributed by atoms with Crippen molar-refractivity contribution in [3.8, 4) is 0 Å². The maximum Gasteiger partial charge on any atom is 0.173 e. The van der Waals surface area contributed by atoms with Crippen molar-refractivity contribution in [2.75, 3.05) is 25.5 Å². The Kier molecular flexibility index (Phi) is 5.68. The number of fused-ring (bicyclic) bond motifs is 1. The fourth-order valence-electron chi connectivity index (χ4n) is 4.80. The van der Waals surface area contributed by atoms with E-state index in [0.29, 0.717) is 5.92 Å². The van der Waals surface area contributed by atoms with E-state index in [2.05, 4.69) is 124 Å². The van der Waals surface area contributed by atoms with Crippen LogP contribution in [0.3, 0.4) is 0 Å². The van der Waals surface area contributed by atoms with Crippen LogP contribution in [0.4, 0.5) is 5.69 Å². The van der Waals surface area contributed by atoms with Crippen molar-refractivity contribution in [3.63, 3.8) is 0 Å². The zero-order chi connectivity index (χ0) is 22.9. The van der Waals surface area contributed by atoms with Gasteiger partial charge in [-0.25, -0.2) is 4.68 Å². The van der Waals surface area contributed by atoms with Crippen LogP contribution in [0.25, 0.3) is 0 Å². The average Bonchev–Trinajstić information content (AvgIpc) is 3.50. The molecule has 0 bridgehead atoms. The third-order valence-corrected chi connectivity index (χ3v) is 6.42. The smallest absolute Gasteiger partial charge is 0.173 e. The molecule has 5 rings (SSSR count). The predicted molar refractivity (Wildman–Crippen MR) is 128 cm³/mol. The molecule has 2 atom stereocenters. The van der Waals surface area contributed by atoms with E-state index in [1.54, 1.807) is 0 Å². The Labute approximate surface area is 194 Å². The molecule has 0 fully saturated rings. The minimum atomic E-state index is -0.0786. The number of anilines is 1. The summed E-state index contributed by atoms with van der Waals surface area (Å²) in [5, 5.41) is 20.5. The van der Waals surface area contributed by atoms with E-state index in [0.717, 1.165) is 30.3 Å². The number of hydrogen-bond donors (Lipinski definition) is 1. The molecule has 2 unspecified atom stereocenters. The molecule has 0 saturated carbocycles. The third kappa shape index (κ3) is 3.91. The number of tetrazole rings is 1. The number of hydrogen-bond acceptors (Lipinski definition) is 6. The van der Waals surface area contributed by atoms with Crippen LogP contribution in [-0.4, -0.2) is 55.9 Å². The highest BCUT2D eigenvalue weighted by atomic mass is 15.6. The van der Waals surface area contributed by atoms with Gasteiger partial charge < -0.3 is 4.90 Å². The highest BCUT2D eigenvalue weighted by Crippen LogP contribution is 2.41. The number of H-pyrrole nitrogens is 1. The van der Waals surface area contributed by atoms with Gasteiger partial charge in [-0.2, -0.15) is 5.10 Å². The van der Waals surface area contributed by atoms with Crippen molar-refractivity contribution in [2.24, 2.45) is 0 Å². The summed E-state index contributed by atoms with van der Waals surface area (Å²) in [6.45, 7) is 5.94. The van der Waals surface area contributed by atoms with Crippen molar-refractivity contribution < 1.29 is 0 Å². The van der Waals surface area contributed by atoms with Crippen LogP contribution in [0.1, 0.15) is 60.1 Å². The Morgan fingerprint density at radius 1 is 1.00 bits per heavy atom. The Hall–Kier alpha value is -3.52. The molecule has 33 heavy (non-hydrogen) atoms. The molecule has 4 aromatic rings. The van der Waals surface area contributed by atoms with E-state index in [-0.39, 0.29) is 12.1 Å². The van der Waals surface area contributed by atoms with Gasteiger partial charge in [0.15, 0.2) is 5.82 Å². The highest BCUT2D eigenvalue weighted by Gasteiger charge is 2.38. The van der Waals surface area contributed by atoms with Crippen LogP contribution in [0.2, 0.25) is 0 Å². The molecule has 1 aliphatic rings. The lowest BCUT2D eigenvalue weighted by molar-refractivity contribution is 0.134. The number of nitrogens with one attached hydrogen (secondary N) is 1. The molecule has 0 spiro atoms. The van der Waals surface area contributed by atoms with E-state index in [1.165, 1.54) is 16.7 Å². The topological polar surface area (TPSA) is 78.8 Å². The number of aromatic nitrogens is 6. The van der Waals surface area contributed by atoms with Crippen LogP contribution in [0.15, 0.2) is 60.8 Å². The van der Waals surface area contributed by atoms with E-state index in [9.17, 15) is 0 Å². The van der Waals surface area contributed by atoms with Gasteiger partial charge in [-0.3, -0.25) is 10.00 Å². The first-order valence-corrected chi connectivity index (χ1v) is 11.4. The molecule has 8 heteroatoms. The molecule has 3 heterocycles. The van der Waals surface area contributed by atoms with Gasteiger partial charge in [-0.05, 0) is 39.6 Å². The molecular formula is C25H30N8. The Balaban J connectivity index is 1.66. The highest BCUT2D eigenvalue weighted by molar-refractivity contribution is 5.47. The summed E-state index contributed by atoms with van der Waals surface area (Å²) in [5.74, 6) is 1.18. The summed E-state index contributed by atoms with van der Waals surface area (Å²) in [4.78, 5) is 4.63. The average molecular weight is 443 g/mol. The Morgan fingerprint density at radius 3 is 2.45 bits per heavy atom. The zero-order valence-corrected chi connectivity index (χ0v) is 19.6. The fourth-order valence-corrected chi connectivity index (χ4v) is 4.80. The van der Waals surface area contributed by atoms with Crippen molar-refractivity contribution in [1.82, 2.24) is 35.3 Å². The van der Waals surface area contributed by atoms with Crippen LogP contribution >= 0.6 is 0 Å². The molecule has 0 aliphatic carbocycles. The van der Waals surface area contributed by atoms with Crippen LogP contribution in [0, 0.1) is 0 Å². The first kappa shape index (κ1) is 21.3. The van der Waals surface area contributed by atoms with E-state index < -0.39 is 0 Å². The third-order valence-electron chi connectivity index (χ3n) is 6.42. The van der Waals surface area contributed by atoms with Crippen LogP contribution in [0.5, 0.6) is 0 Å². The molecule has 1 N–H and O–H groups in total. The summed E-state index contributed by atoms with van der Waals surface area (Å²) in [6.07, 6.45) is 2.05. The minimum absolute atomic E-state index is 0.0197. The van der Waals surface area contributed by atoms with Crippen molar-refractivity contribution >= 4 is 5.69 Å². The zero-order valence-electron chi connectivity index (χ0n) is 19.6. The van der Waals surface area contributed by atoms with Gasteiger partial charge >= 0.3 is 0 Å². The van der Waals surface area contributed by atoms with Gasteiger partial charge in [0.2, 0.25) is 0 Å². The summed E-state index contributed by atoms with van der Waals surface area (Å²) >= 11 is 0. The van der Waals surface area contributed by atoms with Crippen LogP contribution in [-0.2, 0) is 6.54 Å². The quantitative estimate of drug-likeness (QED) is 0.490. The molecule has 0 amide bonds. The van der Waals surface area contributed by atoms with Crippen LogP contribution < -0.4 is 4.90 Å². The molecule has 8 nitrogen and oxygen atoms in total. The lowest BCUT2D eigenvalue weighted by Gasteiger charge is -2.41. The second-order valence-corrected chi connectivity index (χ2v) is 9.08. The second kappa shape index (κ2) is 8.78. The maximum absolute atomic E-state index is 4.62. The lowest BCUT2D eigenvalue weighted by atomic mass is 9.90. The number of benzene rings is 2. The lowest BCUT2D eigenvalue weighted by Crippen LogP contribution is -2.42. The summed E-state index contributed by atoms with van der Waals surface area (Å²) in [7, 11) is 4.11. The van der Waals surface area contributed by atoms with Crippen molar-refractivity contribution in [3.05, 3.63) is 89.0 Å². The summed E-state index contributed by atoms with van der Waals surface area (Å²) in [5.41, 5.74) is 5.86. The van der Waals surface area contributed by atoms with E-state index >= 15 is 0 Å². The van der Waals surface area contributed by atoms with E-state index in [1.807, 2.05) is 4.68 Å². The van der Waals surface area contributed by atoms with Gasteiger partial charge in [-0.1, -0.05) is 56.3 Å². The fraction of sp³-hybridized carbons (Fsp3) is 0.360. The standard InChI is InChI=1S/C25H30N8/c1-17(2)22-21(16-26-27-22)23(18-8-6-5-7-9-18)32-14-15-33-25(28-29-30-33)24(32)19-10-12-20(13-11-19)31(3)4/h5-13,16-17,23-24H,14-15H2,1-4H3,(H,26,27). The minimum Gasteiger partial charge on any atom is -0.378 e. The van der Waals surface area contributed by atoms with E-state index in [4.69, 9.17) is 0 Å². The van der Waals surface area contributed by atoms with Gasteiger partial charge in [0.1, 0.15) is 0 Å². The molecule has 0 saturated heterocycles. The number of rotatable bonds is 6. The second-order valence-electron chi connectivity index (χ2n) is 9.08. The molecule has 2 aromatic carbocycles. The van der Waals surface area contributed by atoms with Gasteiger partial charge in [0.25, 0.3) is 0 Å². The summed E-state index contributed by atoms with van der Waals surface area (Å²) in [6, 6.07) is 19.3. The molecule has 1 aliphatic heterocycles. The van der Waals surface area contributed by atoms with Gasteiger partial charge in [0, 0.05) is 38.1 Å². The predicted octanol–water partition coefficient (Wildman–Crippen LogP) is 3.78. The molecule has 2 aromatic heterocycles. The number of nitrogens with zero attached hydrogens (tertiary/aromatic N) is 7. The largest absolute Gasteiger partial charge is 0.378 e. The first-order chi connectivity index (χ1) is 16.0. The van der Waals surface area contributed by atoms with Gasteiger partial charge in [0.05, 0.1) is 24.3 Å². The number of aromatic amines is 1. The molecule has 0 radical (unpaired) electrons. The normalized spacial score (nSPS) is 17.2. The summed E-state index contributed by atoms with van der Waals surface area (Å²) < 4.78 is 1.93. The Morgan fingerprint density at radius 2 is 1.76 bits per heavy atom. The van der Waals surface area contributed by atoms with Crippen molar-refractivity contribution in [2.45, 2.75) is 38.4 Å². The molecular weight excluding hydrogens is 412 g/mol. The maximum atomic E-state index is 4.62. The van der Waals surface area contributed by atoms with Gasteiger partial charge in [-0.15, -0.1) is 5.10 Å². The van der Waals surface area contributed by atoms with Crippen molar-refractivity contribution in [1.29, 1.82) is 0 Å². The Bertz CT molecular complexity index is 1190. The SMILES string of the molecule is CC(C)c1n[nH]cc1C(c1ccccc1)N1CCn2nnnc2C1c1ccc(N(C)C)cc1. The monoisotopic (exact) mass is 442 g/mol.